The van der Waals surface area contributed by atoms with Gasteiger partial charge < -0.3 is 15.0 Å². The summed E-state index contributed by atoms with van der Waals surface area (Å²) in [6.45, 7) is 3.25. The molecule has 5 rings (SSSR count). The van der Waals surface area contributed by atoms with Crippen molar-refractivity contribution in [2.45, 2.75) is 75.6 Å². The van der Waals surface area contributed by atoms with Gasteiger partial charge in [-0.25, -0.2) is 13.1 Å². The van der Waals surface area contributed by atoms with Crippen molar-refractivity contribution < 1.29 is 22.7 Å². The van der Waals surface area contributed by atoms with Crippen LogP contribution in [-0.4, -0.2) is 40.0 Å². The minimum atomic E-state index is -3.93. The molecule has 2 aromatic carbocycles. The average molecular weight is 554 g/mol. The Hall–Kier alpha value is -2.91. The third-order valence-electron chi connectivity index (χ3n) is 8.37. The second-order valence-electron chi connectivity index (χ2n) is 10.9. The molecule has 3 aliphatic rings. The lowest BCUT2D eigenvalue weighted by Crippen LogP contribution is -2.38. The number of piperidine rings is 1. The zero-order chi connectivity index (χ0) is 27.4. The molecule has 0 radical (unpaired) electrons. The topological polar surface area (TPSA) is 105 Å². The predicted molar refractivity (Wildman–Crippen MR) is 151 cm³/mol. The normalized spacial score (nSPS) is 20.4. The number of esters is 1. The van der Waals surface area contributed by atoms with E-state index >= 15 is 0 Å². The number of anilines is 2. The number of fused-ring (bicyclic) bond motifs is 1. The van der Waals surface area contributed by atoms with Crippen molar-refractivity contribution in [1.29, 1.82) is 0 Å². The van der Waals surface area contributed by atoms with Crippen LogP contribution >= 0.6 is 0 Å². The Balaban J connectivity index is 1.42. The van der Waals surface area contributed by atoms with Crippen molar-refractivity contribution in [3.8, 4) is 0 Å². The maximum atomic E-state index is 14.0. The number of nitrogens with zero attached hydrogens (tertiary/aromatic N) is 1. The zero-order valence-corrected chi connectivity index (χ0v) is 23.5. The fourth-order valence-corrected chi connectivity index (χ4v) is 7.74. The molecule has 0 bridgehead atoms. The molecule has 1 heterocycles. The van der Waals surface area contributed by atoms with Gasteiger partial charge in [-0.15, -0.1) is 0 Å². The third kappa shape index (κ3) is 6.30. The van der Waals surface area contributed by atoms with E-state index in [0.29, 0.717) is 43.9 Å². The molecule has 2 aromatic rings. The maximum Gasteiger partial charge on any atom is 0.309 e. The van der Waals surface area contributed by atoms with Crippen LogP contribution in [0.1, 0.15) is 75.5 Å². The lowest BCUT2D eigenvalue weighted by atomic mass is 9.88. The fourth-order valence-electron chi connectivity index (χ4n) is 6.24. The monoisotopic (exact) mass is 553 g/mol. The number of ether oxygens (including phenoxy) is 1. The second-order valence-corrected chi connectivity index (χ2v) is 12.6. The largest absolute Gasteiger partial charge is 0.466 e. The standard InChI is InChI=1S/C30H39N3O5S/c1-2-38-30(35)23-16-18-33(19-17-23)27-15-14-24(31-29(34)22-9-3-4-10-22)20-28(27)39(36,37)32-26-13-7-11-21-8-5-6-12-25(21)26/h5-6,8,12,14-15,20,22-23,26,32H,2-4,7,9-11,13,16-19H2,1H3,(H,31,34)/t26-/m1/s1. The molecule has 1 aliphatic heterocycles. The van der Waals surface area contributed by atoms with Gasteiger partial charge >= 0.3 is 5.97 Å². The van der Waals surface area contributed by atoms with Gasteiger partial charge in [0.1, 0.15) is 4.90 Å². The first kappa shape index (κ1) is 27.6. The molecular formula is C30H39N3O5S. The van der Waals surface area contributed by atoms with E-state index in [2.05, 4.69) is 16.1 Å². The SMILES string of the molecule is CCOC(=O)C1CCN(c2ccc(NC(=O)C3CCCC3)cc2S(=O)(=O)N[C@@H]2CCCc3ccccc32)CC1. The van der Waals surface area contributed by atoms with Gasteiger partial charge in [0.2, 0.25) is 15.9 Å². The second kappa shape index (κ2) is 12.1. The first-order valence-corrected chi connectivity index (χ1v) is 15.8. The summed E-state index contributed by atoms with van der Waals surface area (Å²) in [5.41, 5.74) is 3.28. The number of amides is 1. The van der Waals surface area contributed by atoms with Crippen molar-refractivity contribution in [1.82, 2.24) is 4.72 Å². The van der Waals surface area contributed by atoms with Crippen molar-refractivity contribution in [3.63, 3.8) is 0 Å². The Morgan fingerprint density at radius 1 is 0.949 bits per heavy atom. The van der Waals surface area contributed by atoms with Crippen molar-refractivity contribution in [2.24, 2.45) is 11.8 Å². The molecule has 39 heavy (non-hydrogen) atoms. The van der Waals surface area contributed by atoms with Crippen LogP contribution in [0.3, 0.4) is 0 Å². The van der Waals surface area contributed by atoms with E-state index in [1.165, 1.54) is 5.56 Å². The highest BCUT2D eigenvalue weighted by atomic mass is 32.2. The van der Waals surface area contributed by atoms with Gasteiger partial charge in [-0.1, -0.05) is 37.1 Å². The summed E-state index contributed by atoms with van der Waals surface area (Å²) in [5.74, 6) is -0.438. The van der Waals surface area contributed by atoms with Crippen molar-refractivity contribution in [2.75, 3.05) is 29.9 Å². The molecule has 1 amide bonds. The first-order valence-electron chi connectivity index (χ1n) is 14.3. The Morgan fingerprint density at radius 3 is 2.44 bits per heavy atom. The highest BCUT2D eigenvalue weighted by Crippen LogP contribution is 2.36. The number of benzene rings is 2. The number of sulfonamides is 1. The van der Waals surface area contributed by atoms with E-state index in [4.69, 9.17) is 4.74 Å². The minimum Gasteiger partial charge on any atom is -0.466 e. The predicted octanol–water partition coefficient (Wildman–Crippen LogP) is 4.95. The molecule has 1 saturated heterocycles. The Kier molecular flexibility index (Phi) is 8.57. The molecule has 0 aromatic heterocycles. The Morgan fingerprint density at radius 2 is 1.69 bits per heavy atom. The lowest BCUT2D eigenvalue weighted by Gasteiger charge is -2.34. The molecule has 1 atom stereocenters. The quantitative estimate of drug-likeness (QED) is 0.448. The summed E-state index contributed by atoms with van der Waals surface area (Å²) in [7, 11) is -3.93. The number of aryl methyl sites for hydroxylation is 1. The third-order valence-corrected chi connectivity index (χ3v) is 9.87. The van der Waals surface area contributed by atoms with Gasteiger partial charge in [0.25, 0.3) is 0 Å². The van der Waals surface area contributed by atoms with E-state index in [9.17, 15) is 18.0 Å². The molecule has 210 valence electrons. The van der Waals surface area contributed by atoms with E-state index in [-0.39, 0.29) is 34.6 Å². The number of carbonyl (C=O) groups excluding carboxylic acids is 2. The summed E-state index contributed by atoms with van der Waals surface area (Å²) >= 11 is 0. The zero-order valence-electron chi connectivity index (χ0n) is 22.7. The summed E-state index contributed by atoms with van der Waals surface area (Å²) < 4.78 is 36.2. The smallest absolute Gasteiger partial charge is 0.309 e. The highest BCUT2D eigenvalue weighted by Gasteiger charge is 2.32. The van der Waals surface area contributed by atoms with Crippen LogP contribution in [0.2, 0.25) is 0 Å². The molecule has 0 unspecified atom stereocenters. The van der Waals surface area contributed by atoms with Gasteiger partial charge in [0.05, 0.1) is 18.2 Å². The summed E-state index contributed by atoms with van der Waals surface area (Å²) in [4.78, 5) is 27.3. The number of rotatable bonds is 8. The van der Waals surface area contributed by atoms with Crippen molar-refractivity contribution >= 4 is 33.3 Å². The van der Waals surface area contributed by atoms with E-state index < -0.39 is 10.0 Å². The van der Waals surface area contributed by atoms with Gasteiger partial charge in [-0.2, -0.15) is 0 Å². The Bertz CT molecular complexity index is 1300. The molecule has 2 aliphatic carbocycles. The summed E-state index contributed by atoms with van der Waals surface area (Å²) in [5, 5.41) is 2.97. The van der Waals surface area contributed by atoms with Crippen LogP contribution in [0.5, 0.6) is 0 Å². The Labute approximate surface area is 231 Å². The van der Waals surface area contributed by atoms with E-state index in [0.717, 1.165) is 50.5 Å². The van der Waals surface area contributed by atoms with E-state index in [1.54, 1.807) is 25.1 Å². The van der Waals surface area contributed by atoms with E-state index in [1.807, 2.05) is 23.1 Å². The fraction of sp³-hybridized carbons (Fsp3) is 0.533. The molecule has 0 spiro atoms. The number of carbonyl (C=O) groups is 2. The number of nitrogens with one attached hydrogen (secondary N) is 2. The average Bonchev–Trinajstić information content (AvgIpc) is 3.49. The van der Waals surface area contributed by atoms with Gasteiger partial charge in [0.15, 0.2) is 0 Å². The lowest BCUT2D eigenvalue weighted by molar-refractivity contribution is -0.148. The van der Waals surface area contributed by atoms with Crippen LogP contribution in [0, 0.1) is 11.8 Å². The van der Waals surface area contributed by atoms with Crippen LogP contribution in [0.4, 0.5) is 11.4 Å². The van der Waals surface area contributed by atoms with Crippen LogP contribution in [0.25, 0.3) is 0 Å². The summed E-state index contributed by atoms with van der Waals surface area (Å²) in [6.07, 6.45) is 7.61. The van der Waals surface area contributed by atoms with Gasteiger partial charge in [-0.05, 0) is 81.2 Å². The number of hydrogen-bond acceptors (Lipinski definition) is 6. The van der Waals surface area contributed by atoms with Gasteiger partial charge in [0, 0.05) is 30.7 Å². The molecule has 1 saturated carbocycles. The van der Waals surface area contributed by atoms with Crippen LogP contribution in [0.15, 0.2) is 47.4 Å². The summed E-state index contributed by atoms with van der Waals surface area (Å²) in [6, 6.07) is 12.9. The minimum absolute atomic E-state index is 0.0245. The molecular weight excluding hydrogens is 514 g/mol. The van der Waals surface area contributed by atoms with Crippen LogP contribution in [-0.2, 0) is 30.8 Å². The molecule has 2 fully saturated rings. The molecule has 9 heteroatoms. The number of hydrogen-bond donors (Lipinski definition) is 2. The van der Waals surface area contributed by atoms with Gasteiger partial charge in [-0.3, -0.25) is 9.59 Å². The molecule has 8 nitrogen and oxygen atoms in total. The maximum absolute atomic E-state index is 14.0. The van der Waals surface area contributed by atoms with Crippen molar-refractivity contribution in [3.05, 3.63) is 53.6 Å². The molecule has 2 N–H and O–H groups in total. The first-order chi connectivity index (χ1) is 18.9. The van der Waals surface area contributed by atoms with Crippen LogP contribution < -0.4 is 14.9 Å². The highest BCUT2D eigenvalue weighted by molar-refractivity contribution is 7.89.